The molecule has 1 aliphatic heterocycles. The minimum atomic E-state index is -0.583. The highest BCUT2D eigenvalue weighted by Gasteiger charge is 2.00. The standard InChI is InChI=1S/C21H20N4O3/c22-21(26)19-14-9-7-5-3-1-2-4-6-8-12-18-13-10-11-15-20(18)27-28-25-24-23-17-16-19/h1-17H,(H2,22,26)(H,23,25). The molecule has 28 heavy (non-hydrogen) atoms. The van der Waals surface area contributed by atoms with Gasteiger partial charge in [0, 0.05) is 11.1 Å². The number of rotatable bonds is 1. The molecule has 0 radical (unpaired) electrons. The lowest BCUT2D eigenvalue weighted by molar-refractivity contribution is -0.259. The SMILES string of the molecule is NC(=O)C1=CC=CC=CC=CC=CC=Cc2ccccc2OONN=NC=C1. The number of primary amides is 1. The van der Waals surface area contributed by atoms with E-state index >= 15 is 0 Å². The molecule has 0 aliphatic carbocycles. The number of allylic oxidation sites excluding steroid dienone is 10. The molecule has 0 atom stereocenters. The summed E-state index contributed by atoms with van der Waals surface area (Å²) in [5, 5.41) is 7.21. The molecule has 1 heterocycles. The molecule has 1 aromatic rings. The number of hydrogen-bond donors (Lipinski definition) is 2. The minimum Gasteiger partial charge on any atom is -0.366 e. The number of para-hydroxylation sites is 1. The van der Waals surface area contributed by atoms with E-state index in [4.69, 9.17) is 15.6 Å². The third kappa shape index (κ3) is 7.94. The molecule has 1 amide bonds. The van der Waals surface area contributed by atoms with Gasteiger partial charge < -0.3 is 10.6 Å². The van der Waals surface area contributed by atoms with Crippen LogP contribution in [0.25, 0.3) is 6.08 Å². The van der Waals surface area contributed by atoms with Crippen LogP contribution in [0.4, 0.5) is 0 Å². The molecule has 3 N–H and O–H groups in total. The van der Waals surface area contributed by atoms with Gasteiger partial charge in [-0.2, -0.15) is 0 Å². The van der Waals surface area contributed by atoms with Gasteiger partial charge in [0.05, 0.1) is 6.20 Å². The second-order valence-electron chi connectivity index (χ2n) is 5.21. The molecule has 0 unspecified atom stereocenters. The molecule has 2 rings (SSSR count). The molecule has 1 aromatic carbocycles. The van der Waals surface area contributed by atoms with Crippen molar-refractivity contribution in [2.24, 2.45) is 16.1 Å². The van der Waals surface area contributed by atoms with E-state index in [0.29, 0.717) is 5.75 Å². The predicted molar refractivity (Wildman–Crippen MR) is 108 cm³/mol. The Hall–Kier alpha value is -3.97. The van der Waals surface area contributed by atoms with E-state index in [1.165, 1.54) is 12.3 Å². The smallest absolute Gasteiger partial charge is 0.248 e. The Balaban J connectivity index is 2.17. The first-order chi connectivity index (χ1) is 13.8. The van der Waals surface area contributed by atoms with E-state index in [2.05, 4.69) is 15.9 Å². The van der Waals surface area contributed by atoms with Gasteiger partial charge in [-0.3, -0.25) is 4.79 Å². The Morgan fingerprint density at radius 1 is 0.893 bits per heavy atom. The van der Waals surface area contributed by atoms with Crippen LogP contribution in [0.5, 0.6) is 5.75 Å². The predicted octanol–water partition coefficient (Wildman–Crippen LogP) is 4.05. The number of carbonyl (C=O) groups is 1. The number of nitrogens with two attached hydrogens (primary N) is 1. The fourth-order valence-electron chi connectivity index (χ4n) is 1.93. The van der Waals surface area contributed by atoms with Crippen LogP contribution in [0, 0.1) is 0 Å². The Labute approximate surface area is 163 Å². The molecule has 0 saturated heterocycles. The first-order valence-corrected chi connectivity index (χ1v) is 8.36. The fraction of sp³-hybridized carbons (Fsp3) is 0. The largest absolute Gasteiger partial charge is 0.366 e. The quantitative estimate of drug-likeness (QED) is 0.723. The molecule has 0 bridgehead atoms. The molecular weight excluding hydrogens is 356 g/mol. The van der Waals surface area contributed by atoms with Crippen LogP contribution in [-0.2, 0) is 9.78 Å². The van der Waals surface area contributed by atoms with E-state index in [-0.39, 0.29) is 5.57 Å². The van der Waals surface area contributed by atoms with E-state index < -0.39 is 5.91 Å². The van der Waals surface area contributed by atoms with E-state index in [9.17, 15) is 4.79 Å². The topological polar surface area (TPSA) is 98.3 Å². The highest BCUT2D eigenvalue weighted by atomic mass is 17.3. The van der Waals surface area contributed by atoms with Crippen molar-refractivity contribution in [2.45, 2.75) is 0 Å². The molecule has 0 spiro atoms. The van der Waals surface area contributed by atoms with Gasteiger partial charge in [0.15, 0.2) is 5.75 Å². The lowest BCUT2D eigenvalue weighted by atomic mass is 10.2. The summed E-state index contributed by atoms with van der Waals surface area (Å²) in [6.07, 6.45) is 22.8. The van der Waals surface area contributed by atoms with Crippen molar-refractivity contribution in [3.05, 3.63) is 108 Å². The van der Waals surface area contributed by atoms with Crippen molar-refractivity contribution >= 4 is 12.0 Å². The van der Waals surface area contributed by atoms with Gasteiger partial charge in [0.1, 0.15) is 0 Å². The van der Waals surface area contributed by atoms with Crippen molar-refractivity contribution in [3.8, 4) is 5.75 Å². The summed E-state index contributed by atoms with van der Waals surface area (Å²) < 4.78 is 0. The van der Waals surface area contributed by atoms with Crippen LogP contribution >= 0.6 is 0 Å². The summed E-state index contributed by atoms with van der Waals surface area (Å²) in [5.74, 6) is -0.0834. The molecule has 0 fully saturated rings. The van der Waals surface area contributed by atoms with Crippen molar-refractivity contribution in [1.82, 2.24) is 5.59 Å². The third-order valence-corrected chi connectivity index (χ3v) is 3.23. The summed E-state index contributed by atoms with van der Waals surface area (Å²) >= 11 is 0. The molecule has 142 valence electrons. The maximum absolute atomic E-state index is 11.4. The zero-order valence-corrected chi connectivity index (χ0v) is 15.0. The molecule has 0 aromatic heterocycles. The molecule has 7 nitrogen and oxygen atoms in total. The van der Waals surface area contributed by atoms with Crippen LogP contribution in [-0.4, -0.2) is 5.91 Å². The van der Waals surface area contributed by atoms with Gasteiger partial charge in [-0.05, 0) is 28.4 Å². The number of carbonyl (C=O) groups excluding carboxylic acids is 1. The highest BCUT2D eigenvalue weighted by Crippen LogP contribution is 2.19. The Morgan fingerprint density at radius 3 is 2.32 bits per heavy atom. The van der Waals surface area contributed by atoms with Crippen LogP contribution in [0.1, 0.15) is 5.56 Å². The Morgan fingerprint density at radius 2 is 1.57 bits per heavy atom. The third-order valence-electron chi connectivity index (χ3n) is 3.23. The zero-order chi connectivity index (χ0) is 19.9. The van der Waals surface area contributed by atoms with Crippen LogP contribution in [0.3, 0.4) is 0 Å². The fourth-order valence-corrected chi connectivity index (χ4v) is 1.93. The number of fused-ring (bicyclic) bond motifs is 1. The Kier molecular flexibility index (Phi) is 9.00. The summed E-state index contributed by atoms with van der Waals surface area (Å²) in [5.41, 5.74) is 8.58. The zero-order valence-electron chi connectivity index (χ0n) is 15.0. The first kappa shape index (κ1) is 20.3. The second-order valence-corrected chi connectivity index (χ2v) is 5.21. The molecular formula is C21H20N4O3. The molecule has 1 aliphatic rings. The first-order valence-electron chi connectivity index (χ1n) is 8.36. The molecule has 0 saturated carbocycles. The summed E-state index contributed by atoms with van der Waals surface area (Å²) in [4.78, 5) is 21.4. The van der Waals surface area contributed by atoms with Gasteiger partial charge in [0.2, 0.25) is 5.91 Å². The normalized spacial score (nSPS) is 15.1. The van der Waals surface area contributed by atoms with Crippen LogP contribution < -0.4 is 16.2 Å². The summed E-state index contributed by atoms with van der Waals surface area (Å²) in [6, 6.07) is 7.33. The van der Waals surface area contributed by atoms with Crippen molar-refractivity contribution in [3.63, 3.8) is 0 Å². The average molecular weight is 376 g/mol. The second kappa shape index (κ2) is 12.4. The van der Waals surface area contributed by atoms with Crippen molar-refractivity contribution < 1.29 is 14.7 Å². The number of benzene rings is 1. The lowest BCUT2D eigenvalue weighted by Gasteiger charge is -2.04. The monoisotopic (exact) mass is 376 g/mol. The van der Waals surface area contributed by atoms with Gasteiger partial charge in [-0.15, -0.1) is 10.7 Å². The van der Waals surface area contributed by atoms with Gasteiger partial charge >= 0.3 is 0 Å². The maximum Gasteiger partial charge on any atom is 0.248 e. The highest BCUT2D eigenvalue weighted by molar-refractivity contribution is 5.95. The van der Waals surface area contributed by atoms with Crippen LogP contribution in [0.2, 0.25) is 0 Å². The van der Waals surface area contributed by atoms with E-state index in [0.717, 1.165) is 5.56 Å². The van der Waals surface area contributed by atoms with Gasteiger partial charge in [-0.1, -0.05) is 79.0 Å². The van der Waals surface area contributed by atoms with Crippen molar-refractivity contribution in [1.29, 1.82) is 0 Å². The van der Waals surface area contributed by atoms with Gasteiger partial charge in [-0.25, -0.2) is 0 Å². The molecule has 7 heteroatoms. The average Bonchev–Trinajstić information content (AvgIpc) is 2.69. The lowest BCUT2D eigenvalue weighted by Crippen LogP contribution is -2.12. The summed E-state index contributed by atoms with van der Waals surface area (Å²) in [6.45, 7) is 0. The van der Waals surface area contributed by atoms with Crippen LogP contribution in [0.15, 0.2) is 113 Å². The van der Waals surface area contributed by atoms with E-state index in [1.807, 2.05) is 66.8 Å². The number of hydrogen-bond acceptors (Lipinski definition) is 6. The number of nitrogens with one attached hydrogen (secondary N) is 1. The number of amides is 1. The minimum absolute atomic E-state index is 0.269. The van der Waals surface area contributed by atoms with Gasteiger partial charge in [0.25, 0.3) is 0 Å². The maximum atomic E-state index is 11.4. The van der Waals surface area contributed by atoms with Crippen molar-refractivity contribution in [2.75, 3.05) is 0 Å². The number of nitrogens with zero attached hydrogens (tertiary/aromatic N) is 2. The van der Waals surface area contributed by atoms with E-state index in [1.54, 1.807) is 24.3 Å². The Bertz CT molecular complexity index is 891. The summed E-state index contributed by atoms with van der Waals surface area (Å²) in [7, 11) is 0.